The first-order chi connectivity index (χ1) is 13.0. The van der Waals surface area contributed by atoms with Gasteiger partial charge in [-0.3, -0.25) is 9.59 Å². The number of nitrogens with zero attached hydrogens (tertiary/aromatic N) is 2. The molecule has 0 spiro atoms. The maximum Gasteiger partial charge on any atom is 0.251 e. The highest BCUT2D eigenvalue weighted by molar-refractivity contribution is 5.94. The van der Waals surface area contributed by atoms with Gasteiger partial charge in [-0.2, -0.15) is 0 Å². The lowest BCUT2D eigenvalue weighted by molar-refractivity contribution is -0.128. The van der Waals surface area contributed by atoms with E-state index in [1.54, 1.807) is 0 Å². The van der Waals surface area contributed by atoms with E-state index >= 15 is 0 Å². The molecule has 0 saturated carbocycles. The minimum atomic E-state index is -0.0904. The van der Waals surface area contributed by atoms with Crippen molar-refractivity contribution < 1.29 is 9.59 Å². The van der Waals surface area contributed by atoms with Gasteiger partial charge >= 0.3 is 0 Å². The summed E-state index contributed by atoms with van der Waals surface area (Å²) in [5, 5.41) is 3.05. The van der Waals surface area contributed by atoms with E-state index in [2.05, 4.69) is 22.3 Å². The van der Waals surface area contributed by atoms with Gasteiger partial charge in [0.1, 0.15) is 0 Å². The SMILES string of the molecule is CN(C)C(CNC(=O)c1cccc(CN2CCCC2=O)c1)c1ccccc1. The lowest BCUT2D eigenvalue weighted by Gasteiger charge is -2.25. The summed E-state index contributed by atoms with van der Waals surface area (Å²) in [6.07, 6.45) is 1.55. The van der Waals surface area contributed by atoms with Crippen molar-refractivity contribution in [1.82, 2.24) is 15.1 Å². The summed E-state index contributed by atoms with van der Waals surface area (Å²) in [6, 6.07) is 17.8. The summed E-state index contributed by atoms with van der Waals surface area (Å²) in [5.41, 5.74) is 2.79. The summed E-state index contributed by atoms with van der Waals surface area (Å²) in [5.74, 6) is 0.105. The van der Waals surface area contributed by atoms with Gasteiger partial charge in [0, 0.05) is 31.6 Å². The van der Waals surface area contributed by atoms with Crippen molar-refractivity contribution in [1.29, 1.82) is 0 Å². The Balaban J connectivity index is 1.63. The zero-order valence-electron chi connectivity index (χ0n) is 16.0. The van der Waals surface area contributed by atoms with Crippen LogP contribution in [0.4, 0.5) is 0 Å². The first-order valence-corrected chi connectivity index (χ1v) is 9.41. The Bertz CT molecular complexity index is 789. The van der Waals surface area contributed by atoms with E-state index in [1.165, 1.54) is 5.56 Å². The van der Waals surface area contributed by atoms with E-state index < -0.39 is 0 Å². The van der Waals surface area contributed by atoms with E-state index in [0.717, 1.165) is 18.5 Å². The van der Waals surface area contributed by atoms with Crippen LogP contribution in [0.5, 0.6) is 0 Å². The van der Waals surface area contributed by atoms with Crippen LogP contribution in [-0.2, 0) is 11.3 Å². The van der Waals surface area contributed by atoms with Gasteiger partial charge in [0.25, 0.3) is 5.91 Å². The van der Waals surface area contributed by atoms with E-state index in [9.17, 15) is 9.59 Å². The van der Waals surface area contributed by atoms with Crippen LogP contribution >= 0.6 is 0 Å². The molecule has 1 unspecified atom stereocenters. The fraction of sp³-hybridized carbons (Fsp3) is 0.364. The average molecular weight is 365 g/mol. The summed E-state index contributed by atoms with van der Waals surface area (Å²) in [4.78, 5) is 28.4. The number of carbonyl (C=O) groups is 2. The number of hydrogen-bond donors (Lipinski definition) is 1. The van der Waals surface area contributed by atoms with E-state index in [-0.39, 0.29) is 17.9 Å². The third kappa shape index (κ3) is 4.95. The molecule has 1 N–H and O–H groups in total. The van der Waals surface area contributed by atoms with Crippen LogP contribution in [0.15, 0.2) is 54.6 Å². The zero-order valence-corrected chi connectivity index (χ0v) is 16.0. The van der Waals surface area contributed by atoms with Gasteiger partial charge in [-0.05, 0) is 43.8 Å². The van der Waals surface area contributed by atoms with Crippen LogP contribution in [0.2, 0.25) is 0 Å². The van der Waals surface area contributed by atoms with Crippen molar-refractivity contribution in [2.24, 2.45) is 0 Å². The fourth-order valence-corrected chi connectivity index (χ4v) is 3.47. The molecule has 2 aromatic carbocycles. The number of rotatable bonds is 7. The molecular weight excluding hydrogens is 338 g/mol. The van der Waals surface area contributed by atoms with Crippen molar-refractivity contribution in [2.75, 3.05) is 27.2 Å². The fourth-order valence-electron chi connectivity index (χ4n) is 3.47. The Hall–Kier alpha value is -2.66. The summed E-state index contributed by atoms with van der Waals surface area (Å²) in [7, 11) is 4.02. The van der Waals surface area contributed by atoms with Crippen LogP contribution < -0.4 is 5.32 Å². The van der Waals surface area contributed by atoms with Crippen molar-refractivity contribution in [3.05, 3.63) is 71.3 Å². The third-order valence-electron chi connectivity index (χ3n) is 5.00. The Morgan fingerprint density at radius 3 is 2.59 bits per heavy atom. The van der Waals surface area contributed by atoms with E-state index in [4.69, 9.17) is 0 Å². The van der Waals surface area contributed by atoms with Gasteiger partial charge in [0.2, 0.25) is 5.91 Å². The first-order valence-electron chi connectivity index (χ1n) is 9.41. The number of nitrogens with one attached hydrogen (secondary N) is 1. The molecule has 1 aliphatic heterocycles. The zero-order chi connectivity index (χ0) is 19.2. The molecule has 5 heteroatoms. The molecule has 1 saturated heterocycles. The standard InChI is InChI=1S/C22H27N3O2/c1-24(2)20(18-9-4-3-5-10-18)15-23-22(27)19-11-6-8-17(14-19)16-25-13-7-12-21(25)26/h3-6,8-11,14,20H,7,12-13,15-16H2,1-2H3,(H,23,27). The molecule has 1 atom stereocenters. The van der Waals surface area contributed by atoms with Gasteiger partial charge in [0.05, 0.1) is 6.04 Å². The molecule has 2 aromatic rings. The number of amides is 2. The number of likely N-dealkylation sites (N-methyl/N-ethyl adjacent to an activating group) is 1. The van der Waals surface area contributed by atoms with Crippen LogP contribution in [0.25, 0.3) is 0 Å². The van der Waals surface area contributed by atoms with Crippen molar-refractivity contribution in [2.45, 2.75) is 25.4 Å². The maximum atomic E-state index is 12.6. The van der Waals surface area contributed by atoms with E-state index in [0.29, 0.717) is 25.1 Å². The highest BCUT2D eigenvalue weighted by Gasteiger charge is 2.20. The van der Waals surface area contributed by atoms with Crippen molar-refractivity contribution in [3.8, 4) is 0 Å². The minimum absolute atomic E-state index is 0.0904. The molecule has 0 bridgehead atoms. The Kier molecular flexibility index (Phi) is 6.24. The molecule has 1 aliphatic rings. The number of hydrogen-bond acceptors (Lipinski definition) is 3. The lowest BCUT2D eigenvalue weighted by atomic mass is 10.1. The van der Waals surface area contributed by atoms with Crippen LogP contribution in [0.3, 0.4) is 0 Å². The second kappa shape index (κ2) is 8.82. The molecule has 27 heavy (non-hydrogen) atoms. The van der Waals surface area contributed by atoms with Crippen LogP contribution in [0.1, 0.15) is 40.4 Å². The third-order valence-corrected chi connectivity index (χ3v) is 5.00. The number of carbonyl (C=O) groups excluding carboxylic acids is 2. The number of benzene rings is 2. The predicted octanol–water partition coefficient (Wildman–Crippen LogP) is 2.84. The monoisotopic (exact) mass is 365 g/mol. The van der Waals surface area contributed by atoms with Gasteiger partial charge in [-0.1, -0.05) is 42.5 Å². The minimum Gasteiger partial charge on any atom is -0.350 e. The van der Waals surface area contributed by atoms with E-state index in [1.807, 2.05) is 61.5 Å². The molecule has 1 heterocycles. The first kappa shape index (κ1) is 19.1. The molecule has 0 aromatic heterocycles. The lowest BCUT2D eigenvalue weighted by Crippen LogP contribution is -2.34. The van der Waals surface area contributed by atoms with Gasteiger partial charge in [0.15, 0.2) is 0 Å². The average Bonchev–Trinajstić information content (AvgIpc) is 3.07. The molecule has 3 rings (SSSR count). The second-order valence-electron chi connectivity index (χ2n) is 7.22. The van der Waals surface area contributed by atoms with Gasteiger partial charge in [-0.25, -0.2) is 0 Å². The van der Waals surface area contributed by atoms with Crippen LogP contribution in [0, 0.1) is 0 Å². The van der Waals surface area contributed by atoms with Crippen LogP contribution in [-0.4, -0.2) is 48.8 Å². The molecular formula is C22H27N3O2. The molecule has 0 radical (unpaired) electrons. The maximum absolute atomic E-state index is 12.6. The summed E-state index contributed by atoms with van der Waals surface area (Å²) >= 11 is 0. The molecule has 1 fully saturated rings. The largest absolute Gasteiger partial charge is 0.350 e. The Labute approximate surface area is 161 Å². The highest BCUT2D eigenvalue weighted by atomic mass is 16.2. The summed E-state index contributed by atoms with van der Waals surface area (Å²) < 4.78 is 0. The molecule has 2 amide bonds. The van der Waals surface area contributed by atoms with Gasteiger partial charge in [-0.15, -0.1) is 0 Å². The molecule has 142 valence electrons. The molecule has 5 nitrogen and oxygen atoms in total. The smallest absolute Gasteiger partial charge is 0.251 e. The van der Waals surface area contributed by atoms with Crippen molar-refractivity contribution >= 4 is 11.8 Å². The van der Waals surface area contributed by atoms with Gasteiger partial charge < -0.3 is 15.1 Å². The molecule has 0 aliphatic carbocycles. The topological polar surface area (TPSA) is 52.7 Å². The highest BCUT2D eigenvalue weighted by Crippen LogP contribution is 2.18. The quantitative estimate of drug-likeness (QED) is 0.821. The Morgan fingerprint density at radius 2 is 1.93 bits per heavy atom. The number of likely N-dealkylation sites (tertiary alicyclic amines) is 1. The summed E-state index contributed by atoms with van der Waals surface area (Å²) in [6.45, 7) is 1.91. The second-order valence-corrected chi connectivity index (χ2v) is 7.22. The Morgan fingerprint density at radius 1 is 1.15 bits per heavy atom. The van der Waals surface area contributed by atoms with Crippen molar-refractivity contribution in [3.63, 3.8) is 0 Å². The normalized spacial score (nSPS) is 15.2. The predicted molar refractivity (Wildman–Crippen MR) is 106 cm³/mol.